The number of fused-ring (bicyclic) bond motifs is 1. The summed E-state index contributed by atoms with van der Waals surface area (Å²) in [5.74, 6) is 0.522. The predicted molar refractivity (Wildman–Crippen MR) is 105 cm³/mol. The molecule has 27 heavy (non-hydrogen) atoms. The SMILES string of the molecule is CCNC(=O)COc1ccc(/C=C2/C(=O)Nc3ccc(Cl)cc32)cc1OC. The molecule has 1 aliphatic rings. The van der Waals surface area contributed by atoms with E-state index in [-0.39, 0.29) is 18.4 Å². The Balaban J connectivity index is 1.86. The third-order valence-corrected chi connectivity index (χ3v) is 4.23. The van der Waals surface area contributed by atoms with E-state index >= 15 is 0 Å². The van der Waals surface area contributed by atoms with Crippen molar-refractivity contribution in [3.05, 3.63) is 52.5 Å². The highest BCUT2D eigenvalue weighted by Crippen LogP contribution is 2.36. The van der Waals surface area contributed by atoms with E-state index in [0.29, 0.717) is 28.6 Å². The van der Waals surface area contributed by atoms with Crippen LogP contribution in [-0.2, 0) is 9.59 Å². The fourth-order valence-electron chi connectivity index (χ4n) is 2.75. The van der Waals surface area contributed by atoms with Crippen molar-refractivity contribution < 1.29 is 19.1 Å². The smallest absolute Gasteiger partial charge is 0.257 e. The molecule has 0 saturated carbocycles. The van der Waals surface area contributed by atoms with Crippen molar-refractivity contribution in [1.82, 2.24) is 5.32 Å². The number of carbonyl (C=O) groups excluding carboxylic acids is 2. The zero-order valence-corrected chi connectivity index (χ0v) is 15.7. The van der Waals surface area contributed by atoms with Gasteiger partial charge in [0.1, 0.15) is 0 Å². The second-order valence-electron chi connectivity index (χ2n) is 5.85. The van der Waals surface area contributed by atoms with Gasteiger partial charge in [-0.25, -0.2) is 0 Å². The number of ether oxygens (including phenoxy) is 2. The molecular formula is C20H19ClN2O4. The summed E-state index contributed by atoms with van der Waals surface area (Å²) >= 11 is 6.06. The number of carbonyl (C=O) groups is 2. The van der Waals surface area contributed by atoms with Crippen molar-refractivity contribution in [2.24, 2.45) is 0 Å². The molecule has 0 radical (unpaired) electrons. The van der Waals surface area contributed by atoms with Gasteiger partial charge in [0, 0.05) is 28.4 Å². The normalized spacial score (nSPS) is 13.9. The molecule has 2 N–H and O–H groups in total. The maximum absolute atomic E-state index is 12.3. The van der Waals surface area contributed by atoms with Crippen LogP contribution in [0.4, 0.5) is 5.69 Å². The summed E-state index contributed by atoms with van der Waals surface area (Å²) in [4.78, 5) is 23.8. The Hall–Kier alpha value is -2.99. The van der Waals surface area contributed by atoms with Crippen molar-refractivity contribution in [1.29, 1.82) is 0 Å². The average molecular weight is 387 g/mol. The fraction of sp³-hybridized carbons (Fsp3) is 0.200. The van der Waals surface area contributed by atoms with Crippen LogP contribution in [0.5, 0.6) is 11.5 Å². The molecule has 0 fully saturated rings. The van der Waals surface area contributed by atoms with Crippen molar-refractivity contribution in [3.63, 3.8) is 0 Å². The van der Waals surface area contributed by atoms with Crippen LogP contribution in [0, 0.1) is 0 Å². The summed E-state index contributed by atoms with van der Waals surface area (Å²) in [5, 5.41) is 6.03. The van der Waals surface area contributed by atoms with Gasteiger partial charge in [0.2, 0.25) is 0 Å². The molecule has 6 nitrogen and oxygen atoms in total. The maximum Gasteiger partial charge on any atom is 0.257 e. The number of amides is 2. The number of likely N-dealkylation sites (N-methyl/N-ethyl adjacent to an activating group) is 1. The summed E-state index contributed by atoms with van der Waals surface area (Å²) in [6.07, 6.45) is 1.76. The quantitative estimate of drug-likeness (QED) is 0.746. The van der Waals surface area contributed by atoms with Gasteiger partial charge in [-0.1, -0.05) is 17.7 Å². The highest BCUT2D eigenvalue weighted by Gasteiger charge is 2.24. The van der Waals surface area contributed by atoms with E-state index in [4.69, 9.17) is 21.1 Å². The molecule has 0 unspecified atom stereocenters. The molecule has 0 bridgehead atoms. The van der Waals surface area contributed by atoms with Crippen LogP contribution in [0.15, 0.2) is 36.4 Å². The molecule has 140 valence electrons. The van der Waals surface area contributed by atoms with Gasteiger partial charge in [-0.3, -0.25) is 9.59 Å². The first-order valence-corrected chi connectivity index (χ1v) is 8.80. The second kappa shape index (κ2) is 8.14. The Bertz CT molecular complexity index is 924. The van der Waals surface area contributed by atoms with Gasteiger partial charge in [-0.05, 0) is 48.9 Å². The zero-order chi connectivity index (χ0) is 19.4. The number of nitrogens with one attached hydrogen (secondary N) is 2. The molecule has 2 aromatic carbocycles. The van der Waals surface area contributed by atoms with Crippen molar-refractivity contribution in [2.45, 2.75) is 6.92 Å². The van der Waals surface area contributed by atoms with E-state index in [1.54, 1.807) is 42.5 Å². The molecule has 2 aromatic rings. The summed E-state index contributed by atoms with van der Waals surface area (Å²) in [6.45, 7) is 2.28. The van der Waals surface area contributed by atoms with Crippen LogP contribution in [-0.4, -0.2) is 32.1 Å². The fourth-order valence-corrected chi connectivity index (χ4v) is 2.93. The lowest BCUT2D eigenvalue weighted by atomic mass is 10.0. The van der Waals surface area contributed by atoms with Gasteiger partial charge in [-0.2, -0.15) is 0 Å². The number of benzene rings is 2. The van der Waals surface area contributed by atoms with Crippen LogP contribution in [0.2, 0.25) is 5.02 Å². The molecule has 0 aromatic heterocycles. The molecule has 1 aliphatic heterocycles. The molecule has 0 aliphatic carbocycles. The van der Waals surface area contributed by atoms with E-state index in [1.807, 2.05) is 6.92 Å². The largest absolute Gasteiger partial charge is 0.493 e. The number of halogens is 1. The Kier molecular flexibility index (Phi) is 5.66. The molecule has 0 spiro atoms. The average Bonchev–Trinajstić information content (AvgIpc) is 2.95. The van der Waals surface area contributed by atoms with Crippen LogP contribution >= 0.6 is 11.6 Å². The maximum atomic E-state index is 12.3. The first-order chi connectivity index (χ1) is 13.0. The Labute approximate surface area is 162 Å². The third kappa shape index (κ3) is 4.23. The number of rotatable bonds is 6. The minimum absolute atomic E-state index is 0.0983. The summed E-state index contributed by atoms with van der Waals surface area (Å²) < 4.78 is 10.9. The topological polar surface area (TPSA) is 76.7 Å². The monoisotopic (exact) mass is 386 g/mol. The Morgan fingerprint density at radius 1 is 1.22 bits per heavy atom. The molecule has 0 atom stereocenters. The highest BCUT2D eigenvalue weighted by molar-refractivity contribution is 6.36. The Morgan fingerprint density at radius 2 is 2.04 bits per heavy atom. The van der Waals surface area contributed by atoms with E-state index in [1.165, 1.54) is 7.11 Å². The molecule has 0 saturated heterocycles. The number of methoxy groups -OCH3 is 1. The van der Waals surface area contributed by atoms with Gasteiger partial charge in [0.25, 0.3) is 11.8 Å². The summed E-state index contributed by atoms with van der Waals surface area (Å²) in [5.41, 5.74) is 2.76. The number of hydrogen-bond donors (Lipinski definition) is 2. The summed E-state index contributed by atoms with van der Waals surface area (Å²) in [7, 11) is 1.52. The van der Waals surface area contributed by atoms with Crippen LogP contribution < -0.4 is 20.1 Å². The molecule has 7 heteroatoms. The zero-order valence-electron chi connectivity index (χ0n) is 15.0. The minimum atomic E-state index is -0.207. The predicted octanol–water partition coefficient (Wildman–Crippen LogP) is 3.36. The lowest BCUT2D eigenvalue weighted by Crippen LogP contribution is -2.28. The van der Waals surface area contributed by atoms with Gasteiger partial charge < -0.3 is 20.1 Å². The van der Waals surface area contributed by atoms with E-state index in [9.17, 15) is 9.59 Å². The summed E-state index contributed by atoms with van der Waals surface area (Å²) in [6, 6.07) is 10.5. The van der Waals surface area contributed by atoms with E-state index < -0.39 is 0 Å². The Morgan fingerprint density at radius 3 is 2.78 bits per heavy atom. The van der Waals surface area contributed by atoms with Crippen molar-refractivity contribution in [3.8, 4) is 11.5 Å². The first kappa shape index (κ1) is 18.8. The molecule has 2 amide bonds. The number of hydrogen-bond acceptors (Lipinski definition) is 4. The number of anilines is 1. The molecule has 3 rings (SSSR count). The standard InChI is InChI=1S/C20H19ClN2O4/c1-3-22-19(24)11-27-17-7-4-12(9-18(17)26-2)8-15-14-10-13(21)5-6-16(14)23-20(15)25/h4-10H,3,11H2,1-2H3,(H,22,24)(H,23,25)/b15-8+. The first-order valence-electron chi connectivity index (χ1n) is 8.42. The minimum Gasteiger partial charge on any atom is -0.493 e. The molecular weight excluding hydrogens is 368 g/mol. The van der Waals surface area contributed by atoms with E-state index in [0.717, 1.165) is 16.8 Å². The van der Waals surface area contributed by atoms with Crippen LogP contribution in [0.25, 0.3) is 11.6 Å². The third-order valence-electron chi connectivity index (χ3n) is 4.00. The van der Waals surface area contributed by atoms with Crippen molar-refractivity contribution in [2.75, 3.05) is 25.6 Å². The van der Waals surface area contributed by atoms with Gasteiger partial charge in [0.05, 0.1) is 7.11 Å². The van der Waals surface area contributed by atoms with Gasteiger partial charge in [0.15, 0.2) is 18.1 Å². The lowest BCUT2D eigenvalue weighted by Gasteiger charge is -2.11. The van der Waals surface area contributed by atoms with Gasteiger partial charge in [-0.15, -0.1) is 0 Å². The highest BCUT2D eigenvalue weighted by atomic mass is 35.5. The van der Waals surface area contributed by atoms with Gasteiger partial charge >= 0.3 is 0 Å². The lowest BCUT2D eigenvalue weighted by molar-refractivity contribution is -0.123. The van der Waals surface area contributed by atoms with E-state index in [2.05, 4.69) is 10.6 Å². The molecule has 1 heterocycles. The second-order valence-corrected chi connectivity index (χ2v) is 6.29. The van der Waals surface area contributed by atoms with Crippen LogP contribution in [0.3, 0.4) is 0 Å². The van der Waals surface area contributed by atoms with Crippen LogP contribution in [0.1, 0.15) is 18.1 Å². The van der Waals surface area contributed by atoms with Crippen molar-refractivity contribution >= 4 is 40.8 Å².